The van der Waals surface area contributed by atoms with Gasteiger partial charge in [-0.3, -0.25) is 0 Å². The molecule has 11 nitrogen and oxygen atoms in total. The van der Waals surface area contributed by atoms with E-state index in [0.29, 0.717) is 0 Å². The number of carboxylic acid groups (broad SMARTS) is 4. The summed E-state index contributed by atoms with van der Waals surface area (Å²) >= 11 is 0. The lowest BCUT2D eigenvalue weighted by molar-refractivity contribution is -0.194. The summed E-state index contributed by atoms with van der Waals surface area (Å²) in [6.45, 7) is 0. The highest BCUT2D eigenvalue weighted by Gasteiger charge is 2.41. The van der Waals surface area contributed by atoms with Crippen molar-refractivity contribution in [2.24, 2.45) is 0 Å². The third-order valence-electron chi connectivity index (χ3n) is 1.86. The monoisotopic (exact) mass is 282 g/mol. The minimum Gasteiger partial charge on any atom is -0.479 e. The Hall–Kier alpha value is -2.24. The van der Waals surface area contributed by atoms with Crippen molar-refractivity contribution >= 4 is 23.9 Å². The first-order chi connectivity index (χ1) is 8.59. The maximum Gasteiger partial charge on any atom is 0.336 e. The zero-order chi connectivity index (χ0) is 15.3. The summed E-state index contributed by atoms with van der Waals surface area (Å²) in [5.74, 6) is -8.14. The zero-order valence-electron chi connectivity index (χ0n) is 9.03. The number of ether oxygens (including phenoxy) is 1. The van der Waals surface area contributed by atoms with Gasteiger partial charge in [-0.2, -0.15) is 0 Å². The van der Waals surface area contributed by atoms with Gasteiger partial charge in [-0.05, 0) is 0 Å². The normalized spacial score (nSPS) is 16.9. The van der Waals surface area contributed by atoms with Crippen LogP contribution in [0.15, 0.2) is 0 Å². The van der Waals surface area contributed by atoms with Gasteiger partial charge in [0.25, 0.3) is 0 Å². The van der Waals surface area contributed by atoms with Crippen LogP contribution in [-0.2, 0) is 23.9 Å². The van der Waals surface area contributed by atoms with Crippen LogP contribution in [-0.4, -0.2) is 78.9 Å². The Morgan fingerprint density at radius 3 is 1.05 bits per heavy atom. The summed E-state index contributed by atoms with van der Waals surface area (Å²) in [4.78, 5) is 42.0. The first kappa shape index (κ1) is 16.8. The molecule has 0 aromatic rings. The van der Waals surface area contributed by atoms with Crippen LogP contribution in [0.1, 0.15) is 0 Å². The van der Waals surface area contributed by atoms with Crippen LogP contribution in [0.3, 0.4) is 0 Å². The summed E-state index contributed by atoms with van der Waals surface area (Å²) < 4.78 is 4.16. The lowest BCUT2D eigenvalue weighted by Gasteiger charge is -2.22. The molecule has 0 unspecified atom stereocenters. The molecule has 0 amide bonds. The van der Waals surface area contributed by atoms with Crippen molar-refractivity contribution in [1.29, 1.82) is 0 Å². The van der Waals surface area contributed by atoms with E-state index in [2.05, 4.69) is 4.74 Å². The summed E-state index contributed by atoms with van der Waals surface area (Å²) in [6, 6.07) is 0. The fourth-order valence-corrected chi connectivity index (χ4v) is 0.952. The highest BCUT2D eigenvalue weighted by molar-refractivity contribution is 5.86. The van der Waals surface area contributed by atoms with E-state index in [1.165, 1.54) is 0 Å². The molecule has 0 aliphatic carbocycles. The molecule has 0 aliphatic heterocycles. The number of carbonyl (C=O) groups is 4. The van der Waals surface area contributed by atoms with Gasteiger partial charge in [-0.25, -0.2) is 19.2 Å². The Morgan fingerprint density at radius 1 is 0.632 bits per heavy atom. The topological polar surface area (TPSA) is 199 Å². The third kappa shape index (κ3) is 4.50. The van der Waals surface area contributed by atoms with Gasteiger partial charge in [0.05, 0.1) is 0 Å². The predicted octanol–water partition coefficient (Wildman–Crippen LogP) is -3.20. The smallest absolute Gasteiger partial charge is 0.336 e. The van der Waals surface area contributed by atoms with Crippen LogP contribution < -0.4 is 0 Å². The van der Waals surface area contributed by atoms with Gasteiger partial charge in [0.15, 0.2) is 24.4 Å². The maximum absolute atomic E-state index is 10.6. The van der Waals surface area contributed by atoms with Gasteiger partial charge in [0.1, 0.15) is 0 Å². The van der Waals surface area contributed by atoms with Crippen molar-refractivity contribution in [1.82, 2.24) is 0 Å². The van der Waals surface area contributed by atoms with Crippen molar-refractivity contribution in [2.45, 2.75) is 24.4 Å². The lowest BCUT2D eigenvalue weighted by atomic mass is 10.1. The van der Waals surface area contributed by atoms with E-state index >= 15 is 0 Å². The minimum atomic E-state index is -2.64. The molecule has 0 rings (SSSR count). The van der Waals surface area contributed by atoms with Gasteiger partial charge in [-0.15, -0.1) is 0 Å². The van der Waals surface area contributed by atoms with Crippen molar-refractivity contribution in [3.05, 3.63) is 0 Å². The Balaban J connectivity index is 5.17. The summed E-state index contributed by atoms with van der Waals surface area (Å²) in [5.41, 5.74) is 0. The highest BCUT2D eigenvalue weighted by atomic mass is 16.6. The van der Waals surface area contributed by atoms with Gasteiger partial charge in [0, 0.05) is 0 Å². The van der Waals surface area contributed by atoms with Gasteiger partial charge >= 0.3 is 23.9 Å². The second-order valence-electron chi connectivity index (χ2n) is 3.22. The van der Waals surface area contributed by atoms with E-state index in [4.69, 9.17) is 30.6 Å². The van der Waals surface area contributed by atoms with Crippen molar-refractivity contribution < 1.29 is 54.6 Å². The standard InChI is InChI=1S/C8H10O11/c9-1(5(11)12)3(7(15)16)19-4(8(17)18)2(10)6(13)14/h1-4,9-10H,(H,11,12)(H,13,14)(H,15,16)(H,17,18)/t1-,2-,3-,4-/m1/s1. The van der Waals surface area contributed by atoms with Crippen LogP contribution in [0.5, 0.6) is 0 Å². The van der Waals surface area contributed by atoms with Gasteiger partial charge in [0.2, 0.25) is 0 Å². The number of aliphatic carboxylic acids is 4. The maximum atomic E-state index is 10.6. The van der Waals surface area contributed by atoms with E-state index < -0.39 is 48.3 Å². The summed E-state index contributed by atoms with van der Waals surface area (Å²) in [6.07, 6.45) is -10.4. The second kappa shape index (κ2) is 6.63. The number of aliphatic hydroxyl groups excluding tert-OH is 2. The Kier molecular flexibility index (Phi) is 5.85. The van der Waals surface area contributed by atoms with E-state index in [1.54, 1.807) is 0 Å². The Labute approximate surface area is 104 Å². The van der Waals surface area contributed by atoms with E-state index in [-0.39, 0.29) is 0 Å². The number of hydrogen-bond acceptors (Lipinski definition) is 7. The molecule has 0 radical (unpaired) electrons. The molecule has 0 aromatic carbocycles. The van der Waals surface area contributed by atoms with Gasteiger partial charge < -0.3 is 35.4 Å². The minimum absolute atomic E-state index is 2.03. The largest absolute Gasteiger partial charge is 0.479 e. The summed E-state index contributed by atoms with van der Waals surface area (Å²) in [7, 11) is 0. The molecule has 0 bridgehead atoms. The molecule has 4 atom stereocenters. The molecular formula is C8H10O11. The second-order valence-corrected chi connectivity index (χ2v) is 3.22. The fraction of sp³-hybridized carbons (Fsp3) is 0.500. The van der Waals surface area contributed by atoms with E-state index in [9.17, 15) is 19.2 Å². The van der Waals surface area contributed by atoms with Gasteiger partial charge in [-0.1, -0.05) is 0 Å². The molecule has 19 heavy (non-hydrogen) atoms. The Bertz CT molecular complexity index is 352. The average Bonchev–Trinajstić information content (AvgIpc) is 2.27. The molecule has 0 aromatic heterocycles. The number of rotatable bonds is 8. The first-order valence-electron chi connectivity index (χ1n) is 4.52. The zero-order valence-corrected chi connectivity index (χ0v) is 9.03. The highest BCUT2D eigenvalue weighted by Crippen LogP contribution is 2.09. The van der Waals surface area contributed by atoms with Crippen molar-refractivity contribution in [2.75, 3.05) is 0 Å². The van der Waals surface area contributed by atoms with E-state index in [0.717, 1.165) is 0 Å². The first-order valence-corrected chi connectivity index (χ1v) is 4.52. The van der Waals surface area contributed by atoms with Crippen LogP contribution in [0.4, 0.5) is 0 Å². The van der Waals surface area contributed by atoms with Crippen molar-refractivity contribution in [3.63, 3.8) is 0 Å². The fourth-order valence-electron chi connectivity index (χ4n) is 0.952. The molecule has 0 saturated carbocycles. The molecule has 0 aliphatic rings. The third-order valence-corrected chi connectivity index (χ3v) is 1.86. The molecule has 0 spiro atoms. The lowest BCUT2D eigenvalue weighted by Crippen LogP contribution is -2.50. The molecule has 0 saturated heterocycles. The molecule has 0 heterocycles. The SMILES string of the molecule is O=C(O)[C@H](O)[C@@H](O[C@@H](C(=O)O)[C@@H](O)C(=O)O)C(=O)O. The van der Waals surface area contributed by atoms with Crippen LogP contribution in [0, 0.1) is 0 Å². The van der Waals surface area contributed by atoms with Crippen molar-refractivity contribution in [3.8, 4) is 0 Å². The molecule has 11 heteroatoms. The van der Waals surface area contributed by atoms with Crippen LogP contribution in [0.25, 0.3) is 0 Å². The molecule has 108 valence electrons. The number of hydrogen-bond donors (Lipinski definition) is 6. The number of carboxylic acids is 4. The average molecular weight is 282 g/mol. The number of aliphatic hydroxyl groups is 2. The van der Waals surface area contributed by atoms with E-state index in [1.807, 2.05) is 0 Å². The quantitative estimate of drug-likeness (QED) is 0.262. The summed E-state index contributed by atoms with van der Waals surface area (Å²) in [5, 5.41) is 51.9. The molecule has 0 fully saturated rings. The molecule has 6 N–H and O–H groups in total. The molecular weight excluding hydrogens is 272 g/mol. The Morgan fingerprint density at radius 2 is 0.895 bits per heavy atom. The van der Waals surface area contributed by atoms with Crippen LogP contribution in [0.2, 0.25) is 0 Å². The predicted molar refractivity (Wildman–Crippen MR) is 51.2 cm³/mol. The van der Waals surface area contributed by atoms with Crippen LogP contribution >= 0.6 is 0 Å².